The fraction of sp³-hybridized carbons (Fsp3) is 0.150. The molecule has 0 amide bonds. The highest BCUT2D eigenvalue weighted by Gasteiger charge is 2.19. The quantitative estimate of drug-likeness (QED) is 0.322. The highest BCUT2D eigenvalue weighted by atomic mass is 16.3. The molecule has 1 aromatic heterocycles. The van der Waals surface area contributed by atoms with Gasteiger partial charge in [0.15, 0.2) is 0 Å². The van der Waals surface area contributed by atoms with Crippen molar-refractivity contribution in [1.29, 1.82) is 0 Å². The number of allylic oxidation sites excluding steroid dienone is 2. The number of imidazole rings is 1. The summed E-state index contributed by atoms with van der Waals surface area (Å²) in [6, 6.07) is 10.9. The minimum absolute atomic E-state index is 0.0496. The van der Waals surface area contributed by atoms with Crippen LogP contribution in [0, 0.1) is 0 Å². The van der Waals surface area contributed by atoms with Crippen LogP contribution in [0.15, 0.2) is 49.2 Å². The predicted molar refractivity (Wildman–Crippen MR) is 104 cm³/mol. The molecule has 6 nitrogen and oxygen atoms in total. The molecule has 0 radical (unpaired) electrons. The van der Waals surface area contributed by atoms with E-state index in [9.17, 15) is 10.2 Å². The van der Waals surface area contributed by atoms with E-state index in [4.69, 9.17) is 5.84 Å². The summed E-state index contributed by atoms with van der Waals surface area (Å²) < 4.78 is 1.95. The van der Waals surface area contributed by atoms with Crippen molar-refractivity contribution >= 4 is 22.2 Å². The van der Waals surface area contributed by atoms with Crippen molar-refractivity contribution in [3.05, 3.63) is 66.1 Å². The molecule has 0 fully saturated rings. The summed E-state index contributed by atoms with van der Waals surface area (Å²) in [6.07, 6.45) is 2.23. The second-order valence-electron chi connectivity index (χ2n) is 6.04. The lowest BCUT2D eigenvalue weighted by atomic mass is 9.95. The van der Waals surface area contributed by atoms with Gasteiger partial charge < -0.3 is 20.2 Å². The first-order chi connectivity index (χ1) is 12.5. The second-order valence-corrected chi connectivity index (χ2v) is 6.04. The number of aromatic nitrogens is 2. The van der Waals surface area contributed by atoms with Crippen LogP contribution in [0.25, 0.3) is 22.2 Å². The van der Waals surface area contributed by atoms with Crippen molar-refractivity contribution in [2.75, 3.05) is 0 Å². The molecule has 2 aromatic carbocycles. The van der Waals surface area contributed by atoms with E-state index in [1.807, 2.05) is 42.8 Å². The number of hydrogen-bond acceptors (Lipinski definition) is 5. The van der Waals surface area contributed by atoms with Gasteiger partial charge in [-0.2, -0.15) is 0 Å². The normalized spacial score (nSPS) is 11.7. The van der Waals surface area contributed by atoms with E-state index in [2.05, 4.69) is 17.0 Å². The Hall–Kier alpha value is -3.25. The topological polar surface area (TPSA) is 96.3 Å². The number of nitrogens with zero attached hydrogens (tertiary/aromatic N) is 2. The van der Waals surface area contributed by atoms with Gasteiger partial charge >= 0.3 is 0 Å². The Bertz CT molecular complexity index is 1020. The Morgan fingerprint density at radius 3 is 2.65 bits per heavy atom. The van der Waals surface area contributed by atoms with Crippen LogP contribution in [-0.2, 0) is 13.5 Å². The van der Waals surface area contributed by atoms with Crippen LogP contribution in [-0.4, -0.2) is 19.8 Å². The Morgan fingerprint density at radius 2 is 2.00 bits per heavy atom. The first-order valence-electron chi connectivity index (χ1n) is 8.30. The van der Waals surface area contributed by atoms with E-state index in [0.29, 0.717) is 29.0 Å². The van der Waals surface area contributed by atoms with Gasteiger partial charge in [0, 0.05) is 30.5 Å². The van der Waals surface area contributed by atoms with Gasteiger partial charge in [-0.1, -0.05) is 25.6 Å². The minimum atomic E-state index is -0.0496. The number of nitrogens with one attached hydrogen (secondary N) is 1. The number of phenols is 2. The van der Waals surface area contributed by atoms with Crippen LogP contribution >= 0.6 is 0 Å². The number of nitrogens with two attached hydrogens (primary N) is 1. The summed E-state index contributed by atoms with van der Waals surface area (Å²) in [7, 11) is 1.91. The maximum Gasteiger partial charge on any atom is 0.142 e. The molecule has 134 valence electrons. The molecule has 6 heteroatoms. The first kappa shape index (κ1) is 17.6. The average Bonchev–Trinajstić information content (AvgIpc) is 2.96. The maximum absolute atomic E-state index is 10.3. The van der Waals surface area contributed by atoms with Gasteiger partial charge in [-0.15, -0.1) is 0 Å². The van der Waals surface area contributed by atoms with E-state index < -0.39 is 0 Å². The van der Waals surface area contributed by atoms with Gasteiger partial charge in [0.05, 0.1) is 11.0 Å². The van der Waals surface area contributed by atoms with Crippen LogP contribution in [0.2, 0.25) is 0 Å². The van der Waals surface area contributed by atoms with Gasteiger partial charge in [-0.05, 0) is 35.8 Å². The SMILES string of the molecule is C=C(/C(=C\NN)c1nc2ccccc2n1C)c1cc(CC)c(O)cc1O. The molecule has 0 saturated carbocycles. The lowest BCUT2D eigenvalue weighted by Crippen LogP contribution is -2.15. The van der Waals surface area contributed by atoms with Crippen LogP contribution in [0.3, 0.4) is 0 Å². The third-order valence-electron chi connectivity index (χ3n) is 4.48. The third-order valence-corrected chi connectivity index (χ3v) is 4.48. The van der Waals surface area contributed by atoms with Gasteiger partial charge in [0.2, 0.25) is 0 Å². The lowest BCUT2D eigenvalue weighted by Gasteiger charge is -2.15. The second kappa shape index (κ2) is 6.93. The molecule has 0 bridgehead atoms. The minimum Gasteiger partial charge on any atom is -0.508 e. The number of benzene rings is 2. The Kier molecular flexibility index (Phi) is 4.69. The van der Waals surface area contributed by atoms with Crippen LogP contribution in [0.4, 0.5) is 0 Å². The molecular formula is C20H22N4O2. The van der Waals surface area contributed by atoms with Gasteiger partial charge in [-0.3, -0.25) is 5.84 Å². The predicted octanol–water partition coefficient (Wildman–Crippen LogP) is 3.06. The van der Waals surface area contributed by atoms with Crippen LogP contribution in [0.1, 0.15) is 23.9 Å². The molecule has 26 heavy (non-hydrogen) atoms. The molecule has 0 aliphatic rings. The molecule has 0 spiro atoms. The van der Waals surface area contributed by atoms with E-state index >= 15 is 0 Å². The van der Waals surface area contributed by atoms with Crippen molar-refractivity contribution < 1.29 is 10.2 Å². The lowest BCUT2D eigenvalue weighted by molar-refractivity contribution is 0.445. The number of fused-ring (bicyclic) bond motifs is 1. The van der Waals surface area contributed by atoms with E-state index in [1.165, 1.54) is 6.07 Å². The average molecular weight is 350 g/mol. The van der Waals surface area contributed by atoms with Crippen molar-refractivity contribution in [1.82, 2.24) is 15.0 Å². The molecule has 0 aliphatic carbocycles. The number of hydrogen-bond donors (Lipinski definition) is 4. The highest BCUT2D eigenvalue weighted by Crippen LogP contribution is 2.38. The fourth-order valence-electron chi connectivity index (χ4n) is 3.05. The summed E-state index contributed by atoms with van der Waals surface area (Å²) in [5.41, 5.74) is 6.81. The number of aryl methyl sites for hydroxylation is 2. The Morgan fingerprint density at radius 1 is 1.27 bits per heavy atom. The molecule has 0 atom stereocenters. The summed E-state index contributed by atoms with van der Waals surface area (Å²) in [6.45, 7) is 6.07. The zero-order valence-corrected chi connectivity index (χ0v) is 14.8. The van der Waals surface area contributed by atoms with Gasteiger partial charge in [0.1, 0.15) is 17.3 Å². The van der Waals surface area contributed by atoms with Crippen LogP contribution < -0.4 is 11.3 Å². The van der Waals surface area contributed by atoms with Crippen molar-refractivity contribution in [2.24, 2.45) is 12.9 Å². The molecule has 0 saturated heterocycles. The standard InChI is InChI=1S/C20H22N4O2/c1-4-13-9-14(19(26)10-18(13)25)12(2)15(11-22-21)20-23-16-7-5-6-8-17(16)24(20)3/h5-11,22,25-26H,2,4,21H2,1,3H3/b15-11+. The highest BCUT2D eigenvalue weighted by molar-refractivity contribution is 6.04. The molecule has 0 aliphatic heterocycles. The monoisotopic (exact) mass is 350 g/mol. The van der Waals surface area contributed by atoms with E-state index in [1.54, 1.807) is 12.3 Å². The smallest absolute Gasteiger partial charge is 0.142 e. The maximum atomic E-state index is 10.3. The van der Waals surface area contributed by atoms with Crippen molar-refractivity contribution in [3.63, 3.8) is 0 Å². The molecule has 3 aromatic rings. The molecule has 5 N–H and O–H groups in total. The number of aromatic hydroxyl groups is 2. The van der Waals surface area contributed by atoms with Gasteiger partial charge in [0.25, 0.3) is 0 Å². The Labute approximate surface area is 151 Å². The number of phenolic OH excluding ortho intramolecular Hbond substituents is 2. The molecular weight excluding hydrogens is 328 g/mol. The van der Waals surface area contributed by atoms with Gasteiger partial charge in [-0.25, -0.2) is 4.98 Å². The number of rotatable bonds is 5. The number of para-hydroxylation sites is 2. The largest absolute Gasteiger partial charge is 0.508 e. The molecule has 1 heterocycles. The first-order valence-corrected chi connectivity index (χ1v) is 8.30. The summed E-state index contributed by atoms with van der Waals surface area (Å²) in [4.78, 5) is 4.67. The number of hydrazine groups is 1. The zero-order chi connectivity index (χ0) is 18.8. The van der Waals surface area contributed by atoms with Crippen molar-refractivity contribution in [3.8, 4) is 11.5 Å². The summed E-state index contributed by atoms with van der Waals surface area (Å²) >= 11 is 0. The molecule has 3 rings (SSSR count). The van der Waals surface area contributed by atoms with Crippen molar-refractivity contribution in [2.45, 2.75) is 13.3 Å². The third kappa shape index (κ3) is 2.91. The van der Waals surface area contributed by atoms with Crippen LogP contribution in [0.5, 0.6) is 11.5 Å². The fourth-order valence-corrected chi connectivity index (χ4v) is 3.05. The zero-order valence-electron chi connectivity index (χ0n) is 14.8. The van der Waals surface area contributed by atoms with E-state index in [0.717, 1.165) is 16.6 Å². The summed E-state index contributed by atoms with van der Waals surface area (Å²) in [5.74, 6) is 6.22. The van der Waals surface area contributed by atoms with E-state index in [-0.39, 0.29) is 11.5 Å². The Balaban J connectivity index is 2.16. The molecule has 0 unspecified atom stereocenters. The summed E-state index contributed by atoms with van der Waals surface area (Å²) in [5, 5.41) is 20.3.